The number of carbonyl (C=O) groups is 1. The van der Waals surface area contributed by atoms with Crippen LogP contribution >= 0.6 is 0 Å². The molecule has 1 aromatic carbocycles. The molecular weight excluding hydrogens is 368 g/mol. The van der Waals surface area contributed by atoms with Crippen LogP contribution in [-0.2, 0) is 16.4 Å². The molecule has 0 aliphatic rings. The Morgan fingerprint density at radius 3 is 2.74 bits per heavy atom. The summed E-state index contributed by atoms with van der Waals surface area (Å²) in [6.07, 6.45) is 5.57. The van der Waals surface area contributed by atoms with Gasteiger partial charge in [0, 0.05) is 36.3 Å². The van der Waals surface area contributed by atoms with Gasteiger partial charge in [0.05, 0.1) is 18.0 Å². The second-order valence-electron chi connectivity index (χ2n) is 6.19. The molecule has 1 aromatic heterocycles. The van der Waals surface area contributed by atoms with Crippen LogP contribution in [0.3, 0.4) is 0 Å². The molecule has 8 nitrogen and oxygen atoms in total. The normalized spacial score (nSPS) is 12.4. The quantitative estimate of drug-likeness (QED) is 0.681. The van der Waals surface area contributed by atoms with Gasteiger partial charge in [0.1, 0.15) is 12.4 Å². The van der Waals surface area contributed by atoms with E-state index in [1.54, 1.807) is 30.5 Å². The van der Waals surface area contributed by atoms with Crippen molar-refractivity contribution in [1.82, 2.24) is 15.1 Å². The lowest BCUT2D eigenvalue weighted by Gasteiger charge is -2.16. The number of sulfone groups is 1. The molecule has 148 valence electrons. The summed E-state index contributed by atoms with van der Waals surface area (Å²) in [5.41, 5.74) is 1.51. The monoisotopic (exact) mass is 394 g/mol. The number of ether oxygens (including phenoxy) is 1. The van der Waals surface area contributed by atoms with E-state index < -0.39 is 9.84 Å². The van der Waals surface area contributed by atoms with Crippen LogP contribution in [0.1, 0.15) is 31.9 Å². The Bertz CT molecular complexity index is 864. The van der Waals surface area contributed by atoms with Gasteiger partial charge in [-0.25, -0.2) is 13.2 Å². The molecule has 2 N–H and O–H groups in total. The Balaban J connectivity index is 1.93. The molecule has 0 saturated heterocycles. The minimum absolute atomic E-state index is 0.0607. The first kappa shape index (κ1) is 20.8. The molecule has 2 amide bonds. The molecule has 0 fully saturated rings. The van der Waals surface area contributed by atoms with E-state index in [2.05, 4.69) is 15.7 Å². The summed E-state index contributed by atoms with van der Waals surface area (Å²) in [5.74, 6) is 0.433. The second-order valence-corrected chi connectivity index (χ2v) is 8.45. The van der Waals surface area contributed by atoms with Crippen molar-refractivity contribution in [2.24, 2.45) is 0 Å². The molecule has 0 spiro atoms. The topological polar surface area (TPSA) is 102 Å². The zero-order valence-corrected chi connectivity index (χ0v) is 16.6. The van der Waals surface area contributed by atoms with Gasteiger partial charge in [0.25, 0.3) is 0 Å². The van der Waals surface area contributed by atoms with Gasteiger partial charge in [-0.15, -0.1) is 0 Å². The van der Waals surface area contributed by atoms with Gasteiger partial charge in [-0.2, -0.15) is 5.10 Å². The van der Waals surface area contributed by atoms with Gasteiger partial charge >= 0.3 is 6.03 Å². The number of hydrogen-bond donors (Lipinski definition) is 2. The van der Waals surface area contributed by atoms with Crippen LogP contribution in [0.4, 0.5) is 10.5 Å². The molecule has 27 heavy (non-hydrogen) atoms. The molecule has 9 heteroatoms. The fourth-order valence-corrected chi connectivity index (χ4v) is 2.84. The minimum atomic E-state index is -3.08. The lowest BCUT2D eigenvalue weighted by Crippen LogP contribution is -2.32. The number of aromatic nitrogens is 2. The number of amides is 2. The van der Waals surface area contributed by atoms with Crippen molar-refractivity contribution in [3.05, 3.63) is 42.2 Å². The highest BCUT2D eigenvalue weighted by atomic mass is 32.2. The molecule has 0 saturated carbocycles. The zero-order chi connectivity index (χ0) is 19.9. The third kappa shape index (κ3) is 6.93. The molecule has 0 aliphatic carbocycles. The lowest BCUT2D eigenvalue weighted by atomic mass is 10.1. The average Bonchev–Trinajstić information content (AvgIpc) is 3.08. The smallest absolute Gasteiger partial charge is 0.319 e. The number of rotatable bonds is 9. The molecule has 1 heterocycles. The van der Waals surface area contributed by atoms with Crippen molar-refractivity contribution < 1.29 is 17.9 Å². The van der Waals surface area contributed by atoms with Crippen LogP contribution in [0.5, 0.6) is 5.75 Å². The summed E-state index contributed by atoms with van der Waals surface area (Å²) >= 11 is 0. The third-order valence-electron chi connectivity index (χ3n) is 3.91. The maximum atomic E-state index is 12.3. The van der Waals surface area contributed by atoms with Crippen LogP contribution in [0, 0.1) is 0 Å². The Labute approximate surface area is 159 Å². The van der Waals surface area contributed by atoms with E-state index in [9.17, 15) is 13.2 Å². The average molecular weight is 394 g/mol. The third-order valence-corrected chi connectivity index (χ3v) is 4.82. The van der Waals surface area contributed by atoms with E-state index in [1.807, 2.05) is 24.7 Å². The Hall–Kier alpha value is -2.55. The maximum absolute atomic E-state index is 12.3. The molecule has 2 rings (SSSR count). The first-order valence-corrected chi connectivity index (χ1v) is 10.9. The molecular formula is C18H26N4O4S. The van der Waals surface area contributed by atoms with Crippen molar-refractivity contribution >= 4 is 21.6 Å². The fraction of sp³-hybridized carbons (Fsp3) is 0.444. The minimum Gasteiger partial charge on any atom is -0.492 e. The molecule has 2 aromatic rings. The van der Waals surface area contributed by atoms with E-state index in [-0.39, 0.29) is 24.4 Å². The molecule has 0 aliphatic heterocycles. The van der Waals surface area contributed by atoms with E-state index in [4.69, 9.17) is 4.74 Å². The number of aryl methyl sites for hydroxylation is 1. The van der Waals surface area contributed by atoms with Crippen LogP contribution in [-0.4, -0.2) is 42.8 Å². The summed E-state index contributed by atoms with van der Waals surface area (Å²) in [6.45, 7) is 4.83. The second kappa shape index (κ2) is 9.40. The number of nitrogens with zero attached hydrogens (tertiary/aromatic N) is 2. The highest BCUT2D eigenvalue weighted by Gasteiger charge is 2.14. The molecule has 1 unspecified atom stereocenters. The summed E-state index contributed by atoms with van der Waals surface area (Å²) < 4.78 is 29.5. The number of hydrogen-bond acceptors (Lipinski definition) is 5. The van der Waals surface area contributed by atoms with Crippen molar-refractivity contribution in [1.29, 1.82) is 0 Å². The molecule has 0 radical (unpaired) electrons. The number of anilines is 1. The molecule has 1 atom stereocenters. The van der Waals surface area contributed by atoms with Crippen molar-refractivity contribution in [3.8, 4) is 5.75 Å². The van der Waals surface area contributed by atoms with Crippen molar-refractivity contribution in [2.45, 2.75) is 32.9 Å². The number of nitrogens with one attached hydrogen (secondary N) is 2. The van der Waals surface area contributed by atoms with Gasteiger partial charge in [0.2, 0.25) is 0 Å². The highest BCUT2D eigenvalue weighted by Crippen LogP contribution is 2.19. The van der Waals surface area contributed by atoms with Crippen LogP contribution in [0.25, 0.3) is 0 Å². The first-order valence-electron chi connectivity index (χ1n) is 8.81. The summed E-state index contributed by atoms with van der Waals surface area (Å²) in [7, 11) is -3.08. The number of urea groups is 1. The van der Waals surface area contributed by atoms with Crippen molar-refractivity contribution in [2.75, 3.05) is 23.9 Å². The van der Waals surface area contributed by atoms with E-state index in [1.165, 1.54) is 0 Å². The van der Waals surface area contributed by atoms with Gasteiger partial charge in [-0.05, 0) is 25.5 Å². The Morgan fingerprint density at radius 1 is 1.33 bits per heavy atom. The highest BCUT2D eigenvalue weighted by molar-refractivity contribution is 7.90. The van der Waals surface area contributed by atoms with Crippen LogP contribution in [0.15, 0.2) is 36.7 Å². The summed E-state index contributed by atoms with van der Waals surface area (Å²) in [4.78, 5) is 12.3. The SMILES string of the molecule is CCC(NC(=O)Nc1cccc(OCCS(C)(=O)=O)c1)c1cnn(CC)c1. The fourth-order valence-electron chi connectivity index (χ4n) is 2.45. The van der Waals surface area contributed by atoms with E-state index in [0.717, 1.165) is 24.8 Å². The summed E-state index contributed by atoms with van der Waals surface area (Å²) in [6, 6.07) is 6.35. The van der Waals surface area contributed by atoms with Gasteiger partial charge in [-0.3, -0.25) is 4.68 Å². The number of carbonyl (C=O) groups excluding carboxylic acids is 1. The maximum Gasteiger partial charge on any atom is 0.319 e. The Morgan fingerprint density at radius 2 is 2.11 bits per heavy atom. The van der Waals surface area contributed by atoms with Crippen molar-refractivity contribution in [3.63, 3.8) is 0 Å². The zero-order valence-electron chi connectivity index (χ0n) is 15.8. The van der Waals surface area contributed by atoms with Gasteiger partial charge < -0.3 is 15.4 Å². The van der Waals surface area contributed by atoms with Crippen LogP contribution < -0.4 is 15.4 Å². The number of benzene rings is 1. The Kier molecular flexibility index (Phi) is 7.23. The van der Waals surface area contributed by atoms with E-state index >= 15 is 0 Å². The standard InChI is InChI=1S/C18H26N4O4S/c1-4-17(14-12-19-22(5-2)13-14)21-18(23)20-15-7-6-8-16(11-15)26-9-10-27(3,24)25/h6-8,11-13,17H,4-5,9-10H2,1-3H3,(H2,20,21,23). The summed E-state index contributed by atoms with van der Waals surface area (Å²) in [5, 5.41) is 9.93. The largest absolute Gasteiger partial charge is 0.492 e. The van der Waals surface area contributed by atoms with Gasteiger partial charge in [0.15, 0.2) is 9.84 Å². The predicted octanol–water partition coefficient (Wildman–Crippen LogP) is 2.60. The van der Waals surface area contributed by atoms with Gasteiger partial charge in [-0.1, -0.05) is 13.0 Å². The van der Waals surface area contributed by atoms with Crippen LogP contribution in [0.2, 0.25) is 0 Å². The molecule has 0 bridgehead atoms. The first-order chi connectivity index (χ1) is 12.8. The lowest BCUT2D eigenvalue weighted by molar-refractivity contribution is 0.248. The van der Waals surface area contributed by atoms with E-state index in [0.29, 0.717) is 11.4 Å². The predicted molar refractivity (Wildman–Crippen MR) is 105 cm³/mol.